The SMILES string of the molecule is CCCCOc1cc(C(=O)O)c(-c2ccc(SC)cc2)c2cc(SC)c(SC)cc12. The van der Waals surface area contributed by atoms with E-state index >= 15 is 0 Å². The molecule has 3 rings (SSSR count). The van der Waals surface area contributed by atoms with Crippen LogP contribution in [0.2, 0.25) is 0 Å². The lowest BCUT2D eigenvalue weighted by atomic mass is 9.92. The number of ether oxygens (including phenoxy) is 1. The number of hydrogen-bond acceptors (Lipinski definition) is 5. The van der Waals surface area contributed by atoms with E-state index in [4.69, 9.17) is 4.74 Å². The van der Waals surface area contributed by atoms with Crippen molar-refractivity contribution in [3.63, 3.8) is 0 Å². The van der Waals surface area contributed by atoms with Gasteiger partial charge in [0.25, 0.3) is 0 Å². The maximum atomic E-state index is 12.3. The number of aromatic carboxylic acids is 1. The van der Waals surface area contributed by atoms with Crippen LogP contribution in [0.25, 0.3) is 21.9 Å². The Hall–Kier alpha value is -1.76. The van der Waals surface area contributed by atoms with Crippen molar-refractivity contribution < 1.29 is 14.6 Å². The highest BCUT2D eigenvalue weighted by molar-refractivity contribution is 8.01. The molecule has 0 spiro atoms. The first kappa shape index (κ1) is 22.9. The summed E-state index contributed by atoms with van der Waals surface area (Å²) < 4.78 is 6.07. The number of carbonyl (C=O) groups is 1. The van der Waals surface area contributed by atoms with Crippen LogP contribution in [-0.4, -0.2) is 36.5 Å². The number of fused-ring (bicyclic) bond motifs is 1. The van der Waals surface area contributed by atoms with Gasteiger partial charge in [-0.1, -0.05) is 25.5 Å². The molecule has 0 aromatic heterocycles. The molecule has 0 radical (unpaired) electrons. The van der Waals surface area contributed by atoms with Gasteiger partial charge < -0.3 is 9.84 Å². The largest absolute Gasteiger partial charge is 0.493 e. The van der Waals surface area contributed by atoms with E-state index in [-0.39, 0.29) is 5.56 Å². The summed E-state index contributed by atoms with van der Waals surface area (Å²) in [6.07, 6.45) is 8.10. The summed E-state index contributed by atoms with van der Waals surface area (Å²) in [7, 11) is 0. The summed E-state index contributed by atoms with van der Waals surface area (Å²) in [5.74, 6) is -0.302. The molecule has 158 valence electrons. The van der Waals surface area contributed by atoms with Crippen LogP contribution in [0.1, 0.15) is 30.1 Å². The van der Waals surface area contributed by atoms with Crippen molar-refractivity contribution in [1.82, 2.24) is 0 Å². The lowest BCUT2D eigenvalue weighted by Gasteiger charge is -2.18. The van der Waals surface area contributed by atoms with Crippen molar-refractivity contribution in [2.24, 2.45) is 0 Å². The molecule has 0 bridgehead atoms. The van der Waals surface area contributed by atoms with Gasteiger partial charge in [-0.25, -0.2) is 4.79 Å². The Balaban J connectivity index is 2.35. The summed E-state index contributed by atoms with van der Waals surface area (Å²) in [6, 6.07) is 14.0. The number of unbranched alkanes of at least 4 members (excludes halogenated alkanes) is 1. The molecule has 1 N–H and O–H groups in total. The Morgan fingerprint density at radius 3 is 2.10 bits per heavy atom. The van der Waals surface area contributed by atoms with E-state index in [1.54, 1.807) is 41.4 Å². The summed E-state index contributed by atoms with van der Waals surface area (Å²) >= 11 is 5.04. The van der Waals surface area contributed by atoms with Gasteiger partial charge in [-0.3, -0.25) is 0 Å². The Kier molecular flexibility index (Phi) is 8.03. The molecule has 0 fully saturated rings. The number of thioether (sulfide) groups is 3. The maximum Gasteiger partial charge on any atom is 0.336 e. The minimum absolute atomic E-state index is 0.273. The Morgan fingerprint density at radius 2 is 1.57 bits per heavy atom. The third-order valence-electron chi connectivity index (χ3n) is 4.97. The van der Waals surface area contributed by atoms with Crippen molar-refractivity contribution in [3.8, 4) is 16.9 Å². The number of carboxylic acid groups (broad SMARTS) is 1. The molecular formula is C24H26O3S3. The molecule has 0 aliphatic carbocycles. The minimum Gasteiger partial charge on any atom is -0.493 e. The molecule has 3 aromatic carbocycles. The summed E-state index contributed by atoms with van der Waals surface area (Å²) in [6.45, 7) is 2.69. The van der Waals surface area contributed by atoms with E-state index in [9.17, 15) is 9.90 Å². The Morgan fingerprint density at radius 1 is 0.933 bits per heavy atom. The van der Waals surface area contributed by atoms with Gasteiger partial charge in [0.15, 0.2) is 0 Å². The van der Waals surface area contributed by atoms with Crippen LogP contribution in [-0.2, 0) is 0 Å². The molecule has 0 saturated carbocycles. The fraction of sp³-hybridized carbons (Fsp3) is 0.292. The first-order chi connectivity index (χ1) is 14.5. The second kappa shape index (κ2) is 10.5. The Labute approximate surface area is 191 Å². The van der Waals surface area contributed by atoms with Crippen LogP contribution in [0.3, 0.4) is 0 Å². The second-order valence-electron chi connectivity index (χ2n) is 6.79. The quantitative estimate of drug-likeness (QED) is 0.264. The smallest absolute Gasteiger partial charge is 0.336 e. The van der Waals surface area contributed by atoms with Crippen molar-refractivity contribution in [2.75, 3.05) is 25.4 Å². The molecule has 3 aromatic rings. The highest BCUT2D eigenvalue weighted by Gasteiger charge is 2.21. The van der Waals surface area contributed by atoms with E-state index in [1.165, 1.54) is 4.90 Å². The van der Waals surface area contributed by atoms with Gasteiger partial charge in [-0.05, 0) is 66.5 Å². The zero-order valence-corrected chi connectivity index (χ0v) is 20.1. The zero-order chi connectivity index (χ0) is 21.7. The molecule has 0 saturated heterocycles. The van der Waals surface area contributed by atoms with Gasteiger partial charge in [0, 0.05) is 25.6 Å². The Bertz CT molecular complexity index is 1050. The molecule has 30 heavy (non-hydrogen) atoms. The first-order valence-electron chi connectivity index (χ1n) is 9.77. The van der Waals surface area contributed by atoms with E-state index in [0.29, 0.717) is 12.4 Å². The van der Waals surface area contributed by atoms with Crippen LogP contribution in [0.4, 0.5) is 0 Å². The van der Waals surface area contributed by atoms with E-state index < -0.39 is 5.97 Å². The highest BCUT2D eigenvalue weighted by atomic mass is 32.2. The highest BCUT2D eigenvalue weighted by Crippen LogP contribution is 2.43. The van der Waals surface area contributed by atoms with Crippen molar-refractivity contribution in [2.45, 2.75) is 34.5 Å². The molecule has 0 aliphatic rings. The monoisotopic (exact) mass is 458 g/mol. The van der Waals surface area contributed by atoms with Gasteiger partial charge in [0.2, 0.25) is 0 Å². The minimum atomic E-state index is -0.944. The number of carboxylic acids is 1. The molecule has 0 atom stereocenters. The predicted molar refractivity (Wildman–Crippen MR) is 132 cm³/mol. The number of benzene rings is 3. The first-order valence-corrected chi connectivity index (χ1v) is 13.4. The van der Waals surface area contributed by atoms with Crippen LogP contribution in [0.15, 0.2) is 57.2 Å². The van der Waals surface area contributed by atoms with Gasteiger partial charge >= 0.3 is 5.97 Å². The molecule has 0 heterocycles. The fourth-order valence-corrected chi connectivity index (χ4v) is 5.30. The van der Waals surface area contributed by atoms with E-state index in [2.05, 4.69) is 25.3 Å². The normalized spacial score (nSPS) is 11.1. The van der Waals surface area contributed by atoms with Crippen molar-refractivity contribution >= 4 is 52.0 Å². The maximum absolute atomic E-state index is 12.3. The van der Waals surface area contributed by atoms with Crippen LogP contribution < -0.4 is 4.74 Å². The number of rotatable bonds is 9. The van der Waals surface area contributed by atoms with E-state index in [1.807, 2.05) is 36.8 Å². The molecule has 0 unspecified atom stereocenters. The molecule has 6 heteroatoms. The molecule has 3 nitrogen and oxygen atoms in total. The number of hydrogen-bond donors (Lipinski definition) is 1. The van der Waals surface area contributed by atoms with Gasteiger partial charge in [-0.2, -0.15) is 0 Å². The standard InChI is InChI=1S/C24H26O3S3/c1-5-6-11-27-20-12-19(24(25)26)23(15-7-9-16(28-2)10-8-15)18-14-22(30-4)21(29-3)13-17(18)20/h7-10,12-14H,5-6,11H2,1-4H3,(H,25,26). The third-order valence-corrected chi connectivity index (χ3v) is 7.40. The summed E-state index contributed by atoms with van der Waals surface area (Å²) in [4.78, 5) is 15.7. The predicted octanol–water partition coefficient (Wildman–Crippen LogP) is 7.55. The molecule has 0 amide bonds. The van der Waals surface area contributed by atoms with Crippen LogP contribution in [0.5, 0.6) is 5.75 Å². The topological polar surface area (TPSA) is 46.5 Å². The van der Waals surface area contributed by atoms with Crippen LogP contribution >= 0.6 is 35.3 Å². The third kappa shape index (κ3) is 4.76. The van der Waals surface area contributed by atoms with Crippen molar-refractivity contribution in [1.29, 1.82) is 0 Å². The second-order valence-corrected chi connectivity index (χ2v) is 9.36. The van der Waals surface area contributed by atoms with Gasteiger partial charge in [0.1, 0.15) is 5.75 Å². The summed E-state index contributed by atoms with van der Waals surface area (Å²) in [5.41, 5.74) is 1.92. The summed E-state index contributed by atoms with van der Waals surface area (Å²) in [5, 5.41) is 11.9. The lowest BCUT2D eigenvalue weighted by Crippen LogP contribution is -2.04. The van der Waals surface area contributed by atoms with E-state index in [0.717, 1.165) is 44.5 Å². The zero-order valence-electron chi connectivity index (χ0n) is 17.7. The molecular weight excluding hydrogens is 432 g/mol. The van der Waals surface area contributed by atoms with Gasteiger partial charge in [-0.15, -0.1) is 35.3 Å². The fourth-order valence-electron chi connectivity index (χ4n) is 3.40. The average Bonchev–Trinajstić information content (AvgIpc) is 2.77. The molecule has 0 aliphatic heterocycles. The van der Waals surface area contributed by atoms with Crippen molar-refractivity contribution in [3.05, 3.63) is 48.0 Å². The average molecular weight is 459 g/mol. The lowest BCUT2D eigenvalue weighted by molar-refractivity contribution is 0.0697. The van der Waals surface area contributed by atoms with Gasteiger partial charge in [0.05, 0.1) is 12.2 Å². The van der Waals surface area contributed by atoms with Crippen LogP contribution in [0, 0.1) is 0 Å².